The van der Waals surface area contributed by atoms with Crippen molar-refractivity contribution in [3.63, 3.8) is 0 Å². The van der Waals surface area contributed by atoms with Crippen LogP contribution in [0.2, 0.25) is 0 Å². The Hall–Kier alpha value is -3.03. The second-order valence-electron chi connectivity index (χ2n) is 6.37. The van der Waals surface area contributed by atoms with E-state index in [1.807, 2.05) is 31.2 Å². The first-order valence-corrected chi connectivity index (χ1v) is 8.33. The number of esters is 1. The number of ether oxygens (including phenoxy) is 1. The Balaban J connectivity index is 1.74. The van der Waals surface area contributed by atoms with Crippen LogP contribution >= 0.6 is 0 Å². The molecular formula is C18H21N3O5. The number of benzene rings is 1. The van der Waals surface area contributed by atoms with E-state index in [0.29, 0.717) is 26.2 Å². The number of amides is 3. The predicted molar refractivity (Wildman–Crippen MR) is 94.9 cm³/mol. The number of urea groups is 1. The molecule has 0 aromatic heterocycles. The Kier molecular flexibility index (Phi) is 4.83. The average molecular weight is 359 g/mol. The van der Waals surface area contributed by atoms with Gasteiger partial charge in [-0.05, 0) is 30.2 Å². The van der Waals surface area contributed by atoms with E-state index < -0.39 is 12.1 Å². The Morgan fingerprint density at radius 2 is 1.88 bits per heavy atom. The Morgan fingerprint density at radius 1 is 1.19 bits per heavy atom. The van der Waals surface area contributed by atoms with E-state index in [-0.39, 0.29) is 12.1 Å². The van der Waals surface area contributed by atoms with E-state index in [4.69, 9.17) is 5.11 Å². The third-order valence-electron chi connectivity index (χ3n) is 4.79. The van der Waals surface area contributed by atoms with Crippen molar-refractivity contribution in [1.82, 2.24) is 9.80 Å². The number of hydrogen-bond acceptors (Lipinski definition) is 4. The highest BCUT2D eigenvalue weighted by Crippen LogP contribution is 2.27. The summed E-state index contributed by atoms with van der Waals surface area (Å²) in [7, 11) is 1.33. The van der Waals surface area contributed by atoms with Crippen LogP contribution in [0.15, 0.2) is 30.3 Å². The summed E-state index contributed by atoms with van der Waals surface area (Å²) in [5.41, 5.74) is 2.38. The van der Waals surface area contributed by atoms with Gasteiger partial charge in [0.15, 0.2) is 0 Å². The van der Waals surface area contributed by atoms with Crippen LogP contribution in [0.3, 0.4) is 0 Å². The summed E-state index contributed by atoms with van der Waals surface area (Å²) in [5.74, 6) is -0.416. The first-order chi connectivity index (χ1) is 12.4. The van der Waals surface area contributed by atoms with E-state index >= 15 is 0 Å². The van der Waals surface area contributed by atoms with E-state index in [1.165, 1.54) is 18.1 Å². The molecule has 2 fully saturated rings. The normalized spacial score (nSPS) is 20.2. The SMILES string of the molecule is COC(=O)/C=C(/C)c1ccc(N2CC3CN(C(=O)O)CCN3C2=O)cc1. The highest BCUT2D eigenvalue weighted by molar-refractivity contribution is 5.95. The average Bonchev–Trinajstić information content (AvgIpc) is 2.97. The Morgan fingerprint density at radius 3 is 2.50 bits per heavy atom. The second kappa shape index (κ2) is 7.07. The number of carbonyl (C=O) groups is 3. The zero-order valence-corrected chi connectivity index (χ0v) is 14.7. The fourth-order valence-corrected chi connectivity index (χ4v) is 3.32. The molecule has 8 nitrogen and oxygen atoms in total. The first kappa shape index (κ1) is 17.8. The topological polar surface area (TPSA) is 90.4 Å². The van der Waals surface area contributed by atoms with Crippen LogP contribution in [-0.4, -0.2) is 72.3 Å². The molecule has 2 saturated heterocycles. The summed E-state index contributed by atoms with van der Waals surface area (Å²) in [5, 5.41) is 9.14. The summed E-state index contributed by atoms with van der Waals surface area (Å²) in [6, 6.07) is 7.11. The van der Waals surface area contributed by atoms with Crippen molar-refractivity contribution in [3.05, 3.63) is 35.9 Å². The minimum atomic E-state index is -0.951. The van der Waals surface area contributed by atoms with Crippen molar-refractivity contribution in [3.8, 4) is 0 Å². The van der Waals surface area contributed by atoms with Gasteiger partial charge in [0, 0.05) is 37.9 Å². The maximum absolute atomic E-state index is 12.6. The van der Waals surface area contributed by atoms with Gasteiger partial charge in [-0.25, -0.2) is 14.4 Å². The van der Waals surface area contributed by atoms with Gasteiger partial charge in [0.2, 0.25) is 0 Å². The summed E-state index contributed by atoms with van der Waals surface area (Å²) in [6.45, 7) is 3.34. The largest absolute Gasteiger partial charge is 0.466 e. The van der Waals surface area contributed by atoms with Gasteiger partial charge in [-0.3, -0.25) is 4.90 Å². The van der Waals surface area contributed by atoms with Gasteiger partial charge in [0.25, 0.3) is 0 Å². The zero-order valence-electron chi connectivity index (χ0n) is 14.7. The van der Waals surface area contributed by atoms with Gasteiger partial charge in [-0.15, -0.1) is 0 Å². The number of methoxy groups -OCH3 is 1. The number of piperazine rings is 1. The van der Waals surface area contributed by atoms with Crippen LogP contribution in [0.5, 0.6) is 0 Å². The molecule has 2 heterocycles. The van der Waals surface area contributed by atoms with Gasteiger partial charge in [0.05, 0.1) is 13.2 Å². The number of carboxylic acid groups (broad SMARTS) is 1. The Bertz CT molecular complexity index is 759. The molecule has 2 aliphatic rings. The molecule has 3 rings (SSSR count). The van der Waals surface area contributed by atoms with Crippen molar-refractivity contribution >= 4 is 29.4 Å². The van der Waals surface area contributed by atoms with E-state index in [9.17, 15) is 14.4 Å². The fraction of sp³-hybridized carbons (Fsp3) is 0.389. The molecule has 26 heavy (non-hydrogen) atoms. The van der Waals surface area contributed by atoms with Crippen LogP contribution in [0, 0.1) is 0 Å². The number of rotatable bonds is 3. The third-order valence-corrected chi connectivity index (χ3v) is 4.79. The quantitative estimate of drug-likeness (QED) is 0.657. The van der Waals surface area contributed by atoms with Gasteiger partial charge in [0.1, 0.15) is 0 Å². The van der Waals surface area contributed by atoms with Crippen LogP contribution < -0.4 is 4.90 Å². The lowest BCUT2D eigenvalue weighted by Crippen LogP contribution is -2.53. The van der Waals surface area contributed by atoms with Crippen molar-refractivity contribution < 1.29 is 24.2 Å². The van der Waals surface area contributed by atoms with Crippen LogP contribution in [0.25, 0.3) is 5.57 Å². The van der Waals surface area contributed by atoms with Crippen molar-refractivity contribution in [2.75, 3.05) is 38.2 Å². The van der Waals surface area contributed by atoms with Crippen molar-refractivity contribution in [2.45, 2.75) is 13.0 Å². The molecule has 138 valence electrons. The Labute approximate surface area is 151 Å². The summed E-state index contributed by atoms with van der Waals surface area (Å²) < 4.78 is 4.62. The van der Waals surface area contributed by atoms with Crippen LogP contribution in [-0.2, 0) is 9.53 Å². The second-order valence-corrected chi connectivity index (χ2v) is 6.37. The van der Waals surface area contributed by atoms with E-state index in [0.717, 1.165) is 16.8 Å². The maximum Gasteiger partial charge on any atom is 0.407 e. The summed E-state index contributed by atoms with van der Waals surface area (Å²) in [6.07, 6.45) is 0.462. The van der Waals surface area contributed by atoms with Gasteiger partial charge >= 0.3 is 18.1 Å². The highest BCUT2D eigenvalue weighted by atomic mass is 16.5. The van der Waals surface area contributed by atoms with E-state index in [1.54, 1.807) is 9.80 Å². The third kappa shape index (κ3) is 3.35. The standard InChI is InChI=1S/C18H21N3O5/c1-12(9-16(22)26-2)13-3-5-14(6-4-13)21-11-15-10-19(18(24)25)7-8-20(15)17(21)23/h3-6,9,15H,7-8,10-11H2,1-2H3,(H,24,25)/b12-9-. The zero-order chi connectivity index (χ0) is 18.8. The van der Waals surface area contributed by atoms with E-state index in [2.05, 4.69) is 4.74 Å². The number of carbonyl (C=O) groups excluding carboxylic acids is 2. The molecule has 0 radical (unpaired) electrons. The molecule has 0 saturated carbocycles. The number of anilines is 1. The fourth-order valence-electron chi connectivity index (χ4n) is 3.32. The molecule has 0 spiro atoms. The number of fused-ring (bicyclic) bond motifs is 1. The molecule has 1 unspecified atom stereocenters. The number of hydrogen-bond donors (Lipinski definition) is 1. The summed E-state index contributed by atoms with van der Waals surface area (Å²) in [4.78, 5) is 39.9. The van der Waals surface area contributed by atoms with Crippen molar-refractivity contribution in [2.24, 2.45) is 0 Å². The van der Waals surface area contributed by atoms with Gasteiger partial charge in [-0.1, -0.05) is 12.1 Å². The summed E-state index contributed by atoms with van der Waals surface area (Å²) >= 11 is 0. The molecule has 0 bridgehead atoms. The molecular weight excluding hydrogens is 338 g/mol. The molecule has 1 aromatic carbocycles. The minimum absolute atomic E-state index is 0.102. The first-order valence-electron chi connectivity index (χ1n) is 8.33. The minimum Gasteiger partial charge on any atom is -0.466 e. The molecule has 2 aliphatic heterocycles. The lowest BCUT2D eigenvalue weighted by Gasteiger charge is -2.34. The molecule has 8 heteroatoms. The number of allylic oxidation sites excluding steroid dienone is 1. The molecule has 3 amide bonds. The smallest absolute Gasteiger partial charge is 0.407 e. The maximum atomic E-state index is 12.6. The number of nitrogens with zero attached hydrogens (tertiary/aromatic N) is 3. The van der Waals surface area contributed by atoms with Crippen LogP contribution in [0.4, 0.5) is 15.3 Å². The molecule has 0 aliphatic carbocycles. The van der Waals surface area contributed by atoms with Crippen LogP contribution in [0.1, 0.15) is 12.5 Å². The highest BCUT2D eigenvalue weighted by Gasteiger charge is 2.42. The molecule has 1 N–H and O–H groups in total. The molecule has 1 atom stereocenters. The predicted octanol–water partition coefficient (Wildman–Crippen LogP) is 1.87. The lowest BCUT2D eigenvalue weighted by molar-refractivity contribution is -0.134. The monoisotopic (exact) mass is 359 g/mol. The lowest BCUT2D eigenvalue weighted by atomic mass is 10.1. The van der Waals surface area contributed by atoms with Crippen molar-refractivity contribution in [1.29, 1.82) is 0 Å². The van der Waals surface area contributed by atoms with Gasteiger partial charge in [-0.2, -0.15) is 0 Å². The molecule has 1 aromatic rings. The van der Waals surface area contributed by atoms with Gasteiger partial charge < -0.3 is 19.6 Å².